The second kappa shape index (κ2) is 8.60. The Morgan fingerprint density at radius 2 is 1.84 bits per heavy atom. The van der Waals surface area contributed by atoms with E-state index in [0.717, 1.165) is 25.7 Å². The van der Waals surface area contributed by atoms with Gasteiger partial charge in [0.25, 0.3) is 5.91 Å². The van der Waals surface area contributed by atoms with Crippen LogP contribution in [0.2, 0.25) is 0 Å². The van der Waals surface area contributed by atoms with Crippen molar-refractivity contribution in [3.63, 3.8) is 0 Å². The summed E-state index contributed by atoms with van der Waals surface area (Å²) in [4.78, 5) is 36.7. The van der Waals surface area contributed by atoms with Crippen LogP contribution in [0.3, 0.4) is 0 Å². The van der Waals surface area contributed by atoms with Crippen LogP contribution >= 0.6 is 0 Å². The molecule has 0 aromatic heterocycles. The van der Waals surface area contributed by atoms with Crippen molar-refractivity contribution in [1.82, 2.24) is 4.90 Å². The van der Waals surface area contributed by atoms with E-state index in [1.807, 2.05) is 0 Å². The fourth-order valence-electron chi connectivity index (χ4n) is 2.82. The van der Waals surface area contributed by atoms with Crippen molar-refractivity contribution in [2.75, 3.05) is 19.7 Å². The molecule has 1 aromatic carbocycles. The van der Waals surface area contributed by atoms with E-state index in [1.54, 1.807) is 18.7 Å². The first-order valence-corrected chi connectivity index (χ1v) is 8.63. The molecule has 0 unspecified atom stereocenters. The van der Waals surface area contributed by atoms with Gasteiger partial charge in [0.1, 0.15) is 0 Å². The molecule has 0 saturated carbocycles. The predicted molar refractivity (Wildman–Crippen MR) is 92.8 cm³/mol. The standard InChI is InChI=1S/C18H24N2O5/c1-13(2)18(22)14-7-8-16(15(11-14)20(23)24)25-12-17(21)19-9-5-3-4-6-10-19/h7-8,11,13H,3-6,9-10,12H2,1-2H3. The van der Waals surface area contributed by atoms with Crippen LogP contribution in [0.25, 0.3) is 0 Å². The number of amides is 1. The molecule has 2 rings (SSSR count). The summed E-state index contributed by atoms with van der Waals surface area (Å²) in [7, 11) is 0. The van der Waals surface area contributed by atoms with Gasteiger partial charge in [-0.25, -0.2) is 0 Å². The molecule has 1 aromatic rings. The van der Waals surface area contributed by atoms with Crippen molar-refractivity contribution in [3.05, 3.63) is 33.9 Å². The maximum atomic E-state index is 12.2. The van der Waals surface area contributed by atoms with Crippen LogP contribution in [0.5, 0.6) is 5.75 Å². The molecule has 1 heterocycles. The quantitative estimate of drug-likeness (QED) is 0.447. The summed E-state index contributed by atoms with van der Waals surface area (Å²) in [5.41, 5.74) is -0.0249. The van der Waals surface area contributed by atoms with Gasteiger partial charge in [0.05, 0.1) is 4.92 Å². The van der Waals surface area contributed by atoms with E-state index in [1.165, 1.54) is 18.2 Å². The highest BCUT2D eigenvalue weighted by atomic mass is 16.6. The van der Waals surface area contributed by atoms with Crippen LogP contribution in [0, 0.1) is 16.0 Å². The van der Waals surface area contributed by atoms with Gasteiger partial charge in [-0.1, -0.05) is 26.7 Å². The number of ketones is 1. The second-order valence-electron chi connectivity index (χ2n) is 6.54. The number of hydrogen-bond acceptors (Lipinski definition) is 5. The topological polar surface area (TPSA) is 89.8 Å². The third-order valence-corrected chi connectivity index (χ3v) is 4.27. The minimum atomic E-state index is -0.594. The van der Waals surface area contributed by atoms with E-state index in [9.17, 15) is 19.7 Å². The molecule has 7 heteroatoms. The smallest absolute Gasteiger partial charge is 0.311 e. The highest BCUT2D eigenvalue weighted by Crippen LogP contribution is 2.29. The molecule has 136 valence electrons. The molecule has 0 atom stereocenters. The summed E-state index contributed by atoms with van der Waals surface area (Å²) in [6, 6.07) is 4.11. The van der Waals surface area contributed by atoms with Gasteiger partial charge in [-0.2, -0.15) is 0 Å². The molecular formula is C18H24N2O5. The summed E-state index contributed by atoms with van der Waals surface area (Å²) < 4.78 is 5.41. The number of benzene rings is 1. The normalized spacial score (nSPS) is 14.9. The fourth-order valence-corrected chi connectivity index (χ4v) is 2.82. The Labute approximate surface area is 147 Å². The van der Waals surface area contributed by atoms with Gasteiger partial charge >= 0.3 is 5.69 Å². The molecule has 0 bridgehead atoms. The molecule has 0 aliphatic carbocycles. The first-order valence-electron chi connectivity index (χ1n) is 8.63. The largest absolute Gasteiger partial charge is 0.477 e. The van der Waals surface area contributed by atoms with Crippen molar-refractivity contribution in [2.45, 2.75) is 39.5 Å². The van der Waals surface area contributed by atoms with E-state index in [0.29, 0.717) is 13.1 Å². The highest BCUT2D eigenvalue weighted by molar-refractivity contribution is 5.98. The van der Waals surface area contributed by atoms with E-state index in [4.69, 9.17) is 4.74 Å². The molecule has 0 N–H and O–H groups in total. The molecule has 1 aliphatic heterocycles. The monoisotopic (exact) mass is 348 g/mol. The summed E-state index contributed by atoms with van der Waals surface area (Å²) in [6.45, 7) is 4.63. The molecule has 0 spiro atoms. The van der Waals surface area contributed by atoms with Gasteiger partial charge < -0.3 is 9.64 Å². The molecule has 1 fully saturated rings. The Morgan fingerprint density at radius 3 is 2.40 bits per heavy atom. The summed E-state index contributed by atoms with van der Waals surface area (Å²) >= 11 is 0. The van der Waals surface area contributed by atoms with Gasteiger partial charge in [-0.15, -0.1) is 0 Å². The lowest BCUT2D eigenvalue weighted by molar-refractivity contribution is -0.385. The Morgan fingerprint density at radius 1 is 1.20 bits per heavy atom. The van der Waals surface area contributed by atoms with Gasteiger partial charge in [0.15, 0.2) is 18.1 Å². The number of carbonyl (C=O) groups excluding carboxylic acids is 2. The minimum absolute atomic E-state index is 0.00785. The van der Waals surface area contributed by atoms with Crippen LogP contribution in [0.1, 0.15) is 49.9 Å². The number of likely N-dealkylation sites (tertiary alicyclic amines) is 1. The molecule has 1 aliphatic rings. The number of nitro benzene ring substituents is 1. The maximum Gasteiger partial charge on any atom is 0.311 e. The molecular weight excluding hydrogens is 324 g/mol. The number of hydrogen-bond donors (Lipinski definition) is 0. The van der Waals surface area contributed by atoms with Crippen LogP contribution in [-0.2, 0) is 4.79 Å². The van der Waals surface area contributed by atoms with Crippen LogP contribution in [-0.4, -0.2) is 41.2 Å². The minimum Gasteiger partial charge on any atom is -0.477 e. The molecule has 7 nitrogen and oxygen atoms in total. The van der Waals surface area contributed by atoms with Crippen molar-refractivity contribution in [1.29, 1.82) is 0 Å². The van der Waals surface area contributed by atoms with Crippen LogP contribution < -0.4 is 4.74 Å². The number of Topliss-reactive ketones (excluding diaryl/α,β-unsaturated/α-hetero) is 1. The highest BCUT2D eigenvalue weighted by Gasteiger charge is 2.22. The summed E-state index contributed by atoms with van der Waals surface area (Å²) in [5.74, 6) is -0.585. The van der Waals surface area contributed by atoms with Gasteiger partial charge in [0, 0.05) is 30.6 Å². The van der Waals surface area contributed by atoms with E-state index < -0.39 is 4.92 Å². The second-order valence-corrected chi connectivity index (χ2v) is 6.54. The van der Waals surface area contributed by atoms with Crippen LogP contribution in [0.15, 0.2) is 18.2 Å². The molecule has 25 heavy (non-hydrogen) atoms. The fraction of sp³-hybridized carbons (Fsp3) is 0.556. The van der Waals surface area contributed by atoms with E-state index >= 15 is 0 Å². The van der Waals surface area contributed by atoms with Crippen molar-refractivity contribution < 1.29 is 19.2 Å². The third-order valence-electron chi connectivity index (χ3n) is 4.27. The molecule has 0 radical (unpaired) electrons. The Balaban J connectivity index is 2.09. The summed E-state index contributed by atoms with van der Waals surface area (Å²) in [5, 5.41) is 11.3. The number of carbonyl (C=O) groups is 2. The van der Waals surface area contributed by atoms with Gasteiger partial charge in [0.2, 0.25) is 0 Å². The number of nitro groups is 1. The van der Waals surface area contributed by atoms with Gasteiger partial charge in [-0.3, -0.25) is 19.7 Å². The molecule has 1 amide bonds. The average Bonchev–Trinajstić information content (AvgIpc) is 2.88. The number of ether oxygens (including phenoxy) is 1. The lowest BCUT2D eigenvalue weighted by Crippen LogP contribution is -2.35. The molecule has 1 saturated heterocycles. The van der Waals surface area contributed by atoms with Crippen molar-refractivity contribution in [3.8, 4) is 5.75 Å². The van der Waals surface area contributed by atoms with E-state index in [-0.39, 0.29) is 41.2 Å². The maximum absolute atomic E-state index is 12.2. The van der Waals surface area contributed by atoms with E-state index in [2.05, 4.69) is 0 Å². The Hall–Kier alpha value is -2.44. The zero-order valence-electron chi connectivity index (χ0n) is 14.7. The first-order chi connectivity index (χ1) is 11.9. The summed E-state index contributed by atoms with van der Waals surface area (Å²) in [6.07, 6.45) is 4.17. The SMILES string of the molecule is CC(C)C(=O)c1ccc(OCC(=O)N2CCCCCC2)c([N+](=O)[O-])c1. The zero-order valence-corrected chi connectivity index (χ0v) is 14.7. The van der Waals surface area contributed by atoms with Crippen LogP contribution in [0.4, 0.5) is 5.69 Å². The third kappa shape index (κ3) is 5.01. The van der Waals surface area contributed by atoms with Crippen molar-refractivity contribution >= 4 is 17.4 Å². The average molecular weight is 348 g/mol. The first kappa shape index (κ1) is 18.9. The Bertz CT molecular complexity index is 649. The Kier molecular flexibility index (Phi) is 6.50. The predicted octanol–water partition coefficient (Wildman–Crippen LogP) is 3.21. The number of nitrogens with zero attached hydrogens (tertiary/aromatic N) is 2. The van der Waals surface area contributed by atoms with Gasteiger partial charge in [-0.05, 0) is 25.0 Å². The zero-order chi connectivity index (χ0) is 18.4. The number of rotatable bonds is 6. The lowest BCUT2D eigenvalue weighted by atomic mass is 10.0. The lowest BCUT2D eigenvalue weighted by Gasteiger charge is -2.20. The van der Waals surface area contributed by atoms with Crippen molar-refractivity contribution in [2.24, 2.45) is 5.92 Å².